The largest absolute Gasteiger partial charge is 0.496 e. The van der Waals surface area contributed by atoms with Gasteiger partial charge in [0.1, 0.15) is 11.4 Å². The van der Waals surface area contributed by atoms with E-state index in [1.807, 2.05) is 60.8 Å². The van der Waals surface area contributed by atoms with Crippen molar-refractivity contribution in [2.24, 2.45) is 10.8 Å². The van der Waals surface area contributed by atoms with E-state index in [9.17, 15) is 4.79 Å². The predicted molar refractivity (Wildman–Crippen MR) is 95.9 cm³/mol. The average molecular weight is 335 g/mol. The fourth-order valence-corrected chi connectivity index (χ4v) is 2.41. The van der Waals surface area contributed by atoms with Crippen LogP contribution in [0.15, 0.2) is 65.9 Å². The van der Waals surface area contributed by atoms with Gasteiger partial charge < -0.3 is 10.5 Å². The molecule has 3 aromatic rings. The lowest BCUT2D eigenvalue weighted by molar-refractivity contribution is 0.249. The number of carbonyl (C=O) groups excluding carboxylic acids is 1. The summed E-state index contributed by atoms with van der Waals surface area (Å²) in [6.07, 6.45) is 3.32. The van der Waals surface area contributed by atoms with Gasteiger partial charge in [-0.05, 0) is 24.3 Å². The molecule has 0 aliphatic heterocycles. The van der Waals surface area contributed by atoms with Crippen molar-refractivity contribution in [3.8, 4) is 22.7 Å². The minimum absolute atomic E-state index is 0.677. The third kappa shape index (κ3) is 3.66. The normalized spacial score (nSPS) is 10.8. The van der Waals surface area contributed by atoms with Crippen LogP contribution in [0, 0.1) is 0 Å². The first-order valence-electron chi connectivity index (χ1n) is 7.56. The molecule has 0 fully saturated rings. The number of nitrogens with one attached hydrogen (secondary N) is 1. The lowest BCUT2D eigenvalue weighted by Gasteiger charge is -2.06. The molecule has 0 atom stereocenters. The number of aromatic nitrogens is 2. The number of primary amides is 1. The number of hydrazone groups is 1. The fraction of sp³-hybridized carbons (Fsp3) is 0.0556. The second-order valence-corrected chi connectivity index (χ2v) is 5.15. The molecule has 7 nitrogen and oxygen atoms in total. The van der Waals surface area contributed by atoms with Crippen LogP contribution in [0.5, 0.6) is 5.75 Å². The zero-order valence-corrected chi connectivity index (χ0v) is 13.6. The maximum atomic E-state index is 10.8. The van der Waals surface area contributed by atoms with Gasteiger partial charge >= 0.3 is 6.03 Å². The molecular formula is C18H17N5O2. The number of amides is 2. The van der Waals surface area contributed by atoms with Crippen molar-refractivity contribution in [2.75, 3.05) is 7.11 Å². The minimum atomic E-state index is -0.731. The van der Waals surface area contributed by atoms with Crippen LogP contribution in [0.4, 0.5) is 4.79 Å². The first-order chi connectivity index (χ1) is 12.2. The molecule has 2 amide bonds. The summed E-state index contributed by atoms with van der Waals surface area (Å²) in [5.41, 5.74) is 10.3. The number of urea groups is 1. The number of rotatable bonds is 5. The summed E-state index contributed by atoms with van der Waals surface area (Å²) in [6, 6.07) is 16.5. The van der Waals surface area contributed by atoms with Gasteiger partial charge in [-0.3, -0.25) is 0 Å². The van der Waals surface area contributed by atoms with Crippen LogP contribution in [0.25, 0.3) is 16.9 Å². The van der Waals surface area contributed by atoms with Crippen LogP contribution >= 0.6 is 0 Å². The highest BCUT2D eigenvalue weighted by molar-refractivity contribution is 5.90. The van der Waals surface area contributed by atoms with E-state index in [1.54, 1.807) is 11.8 Å². The van der Waals surface area contributed by atoms with Gasteiger partial charge in [-0.25, -0.2) is 14.9 Å². The Hall–Kier alpha value is -3.61. The number of hydrogen-bond donors (Lipinski definition) is 2. The molecule has 2 aromatic carbocycles. The highest BCUT2D eigenvalue weighted by Crippen LogP contribution is 2.31. The van der Waals surface area contributed by atoms with Crippen LogP contribution in [0.2, 0.25) is 0 Å². The molecular weight excluding hydrogens is 318 g/mol. The van der Waals surface area contributed by atoms with Crippen LogP contribution in [-0.2, 0) is 0 Å². The third-order valence-electron chi connectivity index (χ3n) is 3.50. The number of nitrogens with zero attached hydrogens (tertiary/aromatic N) is 3. The van der Waals surface area contributed by atoms with E-state index in [1.165, 1.54) is 6.21 Å². The maximum Gasteiger partial charge on any atom is 0.332 e. The van der Waals surface area contributed by atoms with Crippen molar-refractivity contribution < 1.29 is 9.53 Å². The summed E-state index contributed by atoms with van der Waals surface area (Å²) in [6.45, 7) is 0. The summed E-state index contributed by atoms with van der Waals surface area (Å²) in [5.74, 6) is 0.693. The van der Waals surface area contributed by atoms with Crippen molar-refractivity contribution in [1.82, 2.24) is 15.2 Å². The molecule has 0 saturated heterocycles. The van der Waals surface area contributed by atoms with Crippen molar-refractivity contribution in [3.63, 3.8) is 0 Å². The number of ether oxygens (including phenoxy) is 1. The highest BCUT2D eigenvalue weighted by atomic mass is 16.5. The lowest BCUT2D eigenvalue weighted by Crippen LogP contribution is -2.24. The third-order valence-corrected chi connectivity index (χ3v) is 3.50. The fourth-order valence-electron chi connectivity index (χ4n) is 2.41. The molecule has 7 heteroatoms. The summed E-state index contributed by atoms with van der Waals surface area (Å²) < 4.78 is 7.17. The molecule has 0 radical (unpaired) electrons. The van der Waals surface area contributed by atoms with Gasteiger partial charge in [0.25, 0.3) is 0 Å². The molecule has 1 heterocycles. The minimum Gasteiger partial charge on any atom is -0.496 e. The quantitative estimate of drug-likeness (QED) is 0.554. The number of nitrogens with two attached hydrogens (primary N) is 1. The molecule has 1 aromatic heterocycles. The Morgan fingerprint density at radius 1 is 1.20 bits per heavy atom. The highest BCUT2D eigenvalue weighted by Gasteiger charge is 2.14. The van der Waals surface area contributed by atoms with E-state index in [0.717, 1.165) is 11.3 Å². The summed E-state index contributed by atoms with van der Waals surface area (Å²) in [4.78, 5) is 10.8. The summed E-state index contributed by atoms with van der Waals surface area (Å²) in [7, 11) is 1.61. The Kier molecular flexibility index (Phi) is 4.75. The van der Waals surface area contributed by atoms with Crippen molar-refractivity contribution in [1.29, 1.82) is 0 Å². The maximum absolute atomic E-state index is 10.8. The van der Waals surface area contributed by atoms with Gasteiger partial charge in [0.15, 0.2) is 0 Å². The zero-order valence-electron chi connectivity index (χ0n) is 13.6. The van der Waals surface area contributed by atoms with Gasteiger partial charge in [0, 0.05) is 17.3 Å². The molecule has 25 heavy (non-hydrogen) atoms. The van der Waals surface area contributed by atoms with E-state index < -0.39 is 6.03 Å². The SMILES string of the molecule is COc1ccccc1-c1nn(-c2ccccc2)cc1/C=N\NC(N)=O. The molecule has 0 saturated carbocycles. The number of carbonyl (C=O) groups is 1. The van der Waals surface area contributed by atoms with E-state index in [0.29, 0.717) is 17.0 Å². The van der Waals surface area contributed by atoms with Gasteiger partial charge in [-0.2, -0.15) is 10.2 Å². The van der Waals surface area contributed by atoms with E-state index in [2.05, 4.69) is 15.6 Å². The van der Waals surface area contributed by atoms with E-state index >= 15 is 0 Å². The standard InChI is InChI=1S/C18H17N5O2/c1-25-16-10-6-5-9-15(16)17-13(11-20-21-18(19)24)12-23(22-17)14-7-3-2-4-8-14/h2-12H,1H3,(H3,19,21,24)/b20-11-. The van der Waals surface area contributed by atoms with Gasteiger partial charge in [0.05, 0.1) is 19.0 Å². The average Bonchev–Trinajstić information content (AvgIpc) is 3.06. The predicted octanol–water partition coefficient (Wildman–Crippen LogP) is 2.55. The first kappa shape index (κ1) is 16.3. The van der Waals surface area contributed by atoms with E-state index in [-0.39, 0.29) is 0 Å². The number of methoxy groups -OCH3 is 1. The van der Waals surface area contributed by atoms with Crippen molar-refractivity contribution >= 4 is 12.2 Å². The second-order valence-electron chi connectivity index (χ2n) is 5.15. The second kappa shape index (κ2) is 7.31. The Morgan fingerprint density at radius 2 is 1.92 bits per heavy atom. The van der Waals surface area contributed by atoms with Crippen LogP contribution in [0.1, 0.15) is 5.56 Å². The van der Waals surface area contributed by atoms with Crippen LogP contribution in [0.3, 0.4) is 0 Å². The van der Waals surface area contributed by atoms with E-state index in [4.69, 9.17) is 10.5 Å². The molecule has 0 aliphatic rings. The topological polar surface area (TPSA) is 94.5 Å². The Bertz CT molecular complexity index is 903. The Morgan fingerprint density at radius 3 is 2.64 bits per heavy atom. The van der Waals surface area contributed by atoms with Crippen LogP contribution in [-0.4, -0.2) is 29.1 Å². The summed E-state index contributed by atoms with van der Waals surface area (Å²) >= 11 is 0. The van der Waals surface area contributed by atoms with Gasteiger partial charge in [-0.15, -0.1) is 0 Å². The number of benzene rings is 2. The van der Waals surface area contributed by atoms with Crippen molar-refractivity contribution in [3.05, 3.63) is 66.4 Å². The smallest absolute Gasteiger partial charge is 0.332 e. The lowest BCUT2D eigenvalue weighted by atomic mass is 10.1. The summed E-state index contributed by atoms with van der Waals surface area (Å²) in [5, 5.41) is 8.50. The number of para-hydroxylation sites is 2. The monoisotopic (exact) mass is 335 g/mol. The Labute approximate surface area is 144 Å². The molecule has 0 spiro atoms. The zero-order chi connectivity index (χ0) is 17.6. The van der Waals surface area contributed by atoms with Crippen LogP contribution < -0.4 is 15.9 Å². The van der Waals surface area contributed by atoms with Crippen molar-refractivity contribution in [2.45, 2.75) is 0 Å². The van der Waals surface area contributed by atoms with Gasteiger partial charge in [0.2, 0.25) is 0 Å². The molecule has 0 unspecified atom stereocenters. The molecule has 0 bridgehead atoms. The Balaban J connectivity index is 2.10. The van der Waals surface area contributed by atoms with Gasteiger partial charge in [-0.1, -0.05) is 30.3 Å². The number of hydrogen-bond acceptors (Lipinski definition) is 4. The molecule has 0 aliphatic carbocycles. The molecule has 126 valence electrons. The molecule has 3 rings (SSSR count). The first-order valence-corrected chi connectivity index (χ1v) is 7.56. The molecule has 3 N–H and O–H groups in total.